The van der Waals surface area contributed by atoms with Gasteiger partial charge in [-0.3, -0.25) is 0 Å². The molecule has 1 saturated carbocycles. The average molecular weight is 319 g/mol. The second-order valence-electron chi connectivity index (χ2n) is 4.44. The Kier molecular flexibility index (Phi) is 3.47. The summed E-state index contributed by atoms with van der Waals surface area (Å²) in [4.78, 5) is 0.199. The topological polar surface area (TPSA) is 72.2 Å². The Morgan fingerprint density at radius 3 is 2.71 bits per heavy atom. The molecule has 1 aliphatic rings. The lowest BCUT2D eigenvalue weighted by Gasteiger charge is -2.14. The third kappa shape index (κ3) is 3.00. The van der Waals surface area contributed by atoms with Gasteiger partial charge in [0.1, 0.15) is 0 Å². The highest BCUT2D eigenvalue weighted by Crippen LogP contribution is 2.33. The van der Waals surface area contributed by atoms with E-state index in [0.717, 1.165) is 12.8 Å². The molecule has 1 unspecified atom stereocenters. The molecule has 1 aromatic carbocycles. The zero-order valence-electron chi connectivity index (χ0n) is 9.48. The summed E-state index contributed by atoms with van der Waals surface area (Å²) in [6, 6.07) is 4.75. The first kappa shape index (κ1) is 12.9. The van der Waals surface area contributed by atoms with E-state index in [1.54, 1.807) is 12.1 Å². The lowest BCUT2D eigenvalue weighted by molar-refractivity contribution is 0.538. The summed E-state index contributed by atoms with van der Waals surface area (Å²) in [6.07, 6.45) is 2.20. The molecular weight excluding hydrogens is 304 g/mol. The molecule has 1 aliphatic carbocycles. The lowest BCUT2D eigenvalue weighted by atomic mass is 10.2. The Morgan fingerprint density at radius 2 is 2.12 bits per heavy atom. The van der Waals surface area contributed by atoms with Crippen LogP contribution >= 0.6 is 15.9 Å². The number of hydrogen-bond donors (Lipinski definition) is 2. The highest BCUT2D eigenvalue weighted by Gasteiger charge is 2.31. The van der Waals surface area contributed by atoms with Gasteiger partial charge in [-0.25, -0.2) is 13.1 Å². The minimum atomic E-state index is -3.49. The molecule has 2 rings (SSSR count). The van der Waals surface area contributed by atoms with Crippen molar-refractivity contribution >= 4 is 31.6 Å². The second-order valence-corrected chi connectivity index (χ2v) is 6.97. The number of sulfonamides is 1. The molecule has 1 atom stereocenters. The van der Waals surface area contributed by atoms with Crippen molar-refractivity contribution in [2.45, 2.75) is 30.7 Å². The maximum Gasteiger partial charge on any atom is 0.242 e. The molecule has 3 N–H and O–H groups in total. The van der Waals surface area contributed by atoms with Gasteiger partial charge in [-0.05, 0) is 59.8 Å². The van der Waals surface area contributed by atoms with E-state index in [9.17, 15) is 8.42 Å². The van der Waals surface area contributed by atoms with Gasteiger partial charge in [0.05, 0.1) is 4.90 Å². The Hall–Kier alpha value is -0.590. The number of anilines is 1. The van der Waals surface area contributed by atoms with Gasteiger partial charge in [-0.2, -0.15) is 0 Å². The summed E-state index contributed by atoms with van der Waals surface area (Å²) in [5.74, 6) is 0.476. The minimum Gasteiger partial charge on any atom is -0.399 e. The summed E-state index contributed by atoms with van der Waals surface area (Å²) in [5.41, 5.74) is 6.05. The first-order chi connectivity index (χ1) is 7.90. The Morgan fingerprint density at radius 1 is 1.47 bits per heavy atom. The highest BCUT2D eigenvalue weighted by molar-refractivity contribution is 9.10. The van der Waals surface area contributed by atoms with Crippen molar-refractivity contribution < 1.29 is 8.42 Å². The van der Waals surface area contributed by atoms with Gasteiger partial charge in [0.2, 0.25) is 10.0 Å². The van der Waals surface area contributed by atoms with Crippen molar-refractivity contribution in [1.29, 1.82) is 0 Å². The van der Waals surface area contributed by atoms with E-state index in [0.29, 0.717) is 16.1 Å². The van der Waals surface area contributed by atoms with Crippen molar-refractivity contribution in [2.75, 3.05) is 5.73 Å². The number of halogens is 1. The number of nitrogen functional groups attached to an aromatic ring is 1. The second kappa shape index (κ2) is 4.59. The normalized spacial score (nSPS) is 18.0. The number of hydrogen-bond acceptors (Lipinski definition) is 3. The highest BCUT2D eigenvalue weighted by atomic mass is 79.9. The van der Waals surface area contributed by atoms with Crippen LogP contribution in [0.3, 0.4) is 0 Å². The molecule has 0 radical (unpaired) electrons. The third-order valence-electron chi connectivity index (χ3n) is 2.91. The zero-order chi connectivity index (χ0) is 12.6. The summed E-state index contributed by atoms with van der Waals surface area (Å²) < 4.78 is 27.5. The van der Waals surface area contributed by atoms with Crippen LogP contribution in [0.2, 0.25) is 0 Å². The number of nitrogens with one attached hydrogen (secondary N) is 1. The predicted octanol–water partition coefficient (Wildman–Crippen LogP) is 2.11. The van der Waals surface area contributed by atoms with Crippen LogP contribution in [0.4, 0.5) is 5.69 Å². The van der Waals surface area contributed by atoms with Gasteiger partial charge in [-0.15, -0.1) is 0 Å². The predicted molar refractivity (Wildman–Crippen MR) is 71.1 cm³/mol. The van der Waals surface area contributed by atoms with Crippen molar-refractivity contribution in [3.63, 3.8) is 0 Å². The zero-order valence-corrected chi connectivity index (χ0v) is 11.9. The molecule has 6 heteroatoms. The summed E-state index contributed by atoms with van der Waals surface area (Å²) in [7, 11) is -3.49. The van der Waals surface area contributed by atoms with E-state index in [1.165, 1.54) is 6.07 Å². The monoisotopic (exact) mass is 318 g/mol. The quantitative estimate of drug-likeness (QED) is 0.835. The molecule has 0 bridgehead atoms. The molecule has 0 aliphatic heterocycles. The van der Waals surface area contributed by atoms with E-state index < -0.39 is 10.0 Å². The van der Waals surface area contributed by atoms with Gasteiger partial charge < -0.3 is 5.73 Å². The van der Waals surface area contributed by atoms with Gasteiger partial charge >= 0.3 is 0 Å². The molecule has 0 heterocycles. The summed E-state index contributed by atoms with van der Waals surface area (Å²) in [6.45, 7) is 1.90. The van der Waals surface area contributed by atoms with Crippen LogP contribution in [0.15, 0.2) is 27.6 Å². The Bertz CT molecular complexity index is 526. The van der Waals surface area contributed by atoms with Crippen molar-refractivity contribution in [1.82, 2.24) is 4.72 Å². The Balaban J connectivity index is 2.27. The molecule has 94 valence electrons. The molecule has 0 saturated heterocycles. The Labute approximate surface area is 110 Å². The SMILES string of the molecule is CC(NS(=O)(=O)c1cc(N)ccc1Br)C1CC1. The molecule has 0 spiro atoms. The first-order valence-corrected chi connectivity index (χ1v) is 7.75. The van der Waals surface area contributed by atoms with Crippen LogP contribution in [-0.4, -0.2) is 14.5 Å². The number of nitrogens with two attached hydrogens (primary N) is 1. The maximum absolute atomic E-state index is 12.2. The van der Waals surface area contributed by atoms with E-state index in [-0.39, 0.29) is 10.9 Å². The maximum atomic E-state index is 12.2. The van der Waals surface area contributed by atoms with Crippen molar-refractivity contribution in [3.8, 4) is 0 Å². The van der Waals surface area contributed by atoms with E-state index in [1.807, 2.05) is 6.92 Å². The van der Waals surface area contributed by atoms with E-state index >= 15 is 0 Å². The van der Waals surface area contributed by atoms with Crippen LogP contribution in [0, 0.1) is 5.92 Å². The van der Waals surface area contributed by atoms with Gasteiger partial charge in [-0.1, -0.05) is 0 Å². The van der Waals surface area contributed by atoms with Crippen LogP contribution in [-0.2, 0) is 10.0 Å². The van der Waals surface area contributed by atoms with Crippen LogP contribution < -0.4 is 10.5 Å². The minimum absolute atomic E-state index is 0.0201. The molecule has 17 heavy (non-hydrogen) atoms. The molecule has 1 aromatic rings. The average Bonchev–Trinajstić information content (AvgIpc) is 3.04. The molecule has 0 amide bonds. The van der Waals surface area contributed by atoms with Crippen molar-refractivity contribution in [2.24, 2.45) is 5.92 Å². The van der Waals surface area contributed by atoms with Gasteiger partial charge in [0, 0.05) is 16.2 Å². The number of rotatable bonds is 4. The third-order valence-corrected chi connectivity index (χ3v) is 5.47. The molecular formula is C11H15BrN2O2S. The smallest absolute Gasteiger partial charge is 0.242 e. The van der Waals surface area contributed by atoms with Crippen LogP contribution in [0.1, 0.15) is 19.8 Å². The van der Waals surface area contributed by atoms with Gasteiger partial charge in [0.15, 0.2) is 0 Å². The fraction of sp³-hybridized carbons (Fsp3) is 0.455. The fourth-order valence-electron chi connectivity index (χ4n) is 1.73. The summed E-state index contributed by atoms with van der Waals surface area (Å²) >= 11 is 3.23. The van der Waals surface area contributed by atoms with Crippen LogP contribution in [0.25, 0.3) is 0 Å². The van der Waals surface area contributed by atoms with Crippen LogP contribution in [0.5, 0.6) is 0 Å². The number of benzene rings is 1. The summed E-state index contributed by atoms with van der Waals surface area (Å²) in [5, 5.41) is 0. The largest absolute Gasteiger partial charge is 0.399 e. The van der Waals surface area contributed by atoms with Gasteiger partial charge in [0.25, 0.3) is 0 Å². The van der Waals surface area contributed by atoms with E-state index in [4.69, 9.17) is 5.73 Å². The molecule has 1 fully saturated rings. The fourth-order valence-corrected chi connectivity index (χ4v) is 4.04. The lowest BCUT2D eigenvalue weighted by Crippen LogP contribution is -2.34. The van der Waals surface area contributed by atoms with Crippen molar-refractivity contribution in [3.05, 3.63) is 22.7 Å². The standard InChI is InChI=1S/C11H15BrN2O2S/c1-7(8-2-3-8)14-17(15,16)11-6-9(13)4-5-10(11)12/h4-8,14H,2-3,13H2,1H3. The molecule has 0 aromatic heterocycles. The van der Waals surface area contributed by atoms with E-state index in [2.05, 4.69) is 20.7 Å². The molecule has 4 nitrogen and oxygen atoms in total. The first-order valence-electron chi connectivity index (χ1n) is 5.47.